The maximum absolute atomic E-state index is 14.5. The molecule has 1 aromatic carbocycles. The number of hydrogen-bond acceptors (Lipinski definition) is 9. The second-order valence-corrected chi connectivity index (χ2v) is 8.16. The number of nitro benzene ring substituents is 1. The average Bonchev–Trinajstić information content (AvgIpc) is 3.28. The van der Waals surface area contributed by atoms with Crippen molar-refractivity contribution in [2.45, 2.75) is 6.18 Å². The Bertz CT molecular complexity index is 1310. The molecule has 2 aromatic heterocycles. The SMILES string of the molecule is COc1cc(N(C)CCN(C)C)c([N+](=O)[O-])cc1Nc1ncc(F)c(-n2cc(C=O)c(C(F)(F)F)c2)n1. The van der Waals surface area contributed by atoms with Crippen molar-refractivity contribution in [1.29, 1.82) is 0 Å². The number of anilines is 3. The lowest BCUT2D eigenvalue weighted by molar-refractivity contribution is -0.384. The Morgan fingerprint density at radius 1 is 1.22 bits per heavy atom. The van der Waals surface area contributed by atoms with Crippen molar-refractivity contribution < 1.29 is 32.0 Å². The third-order valence-corrected chi connectivity index (χ3v) is 5.29. The molecule has 0 bridgehead atoms. The van der Waals surface area contributed by atoms with Gasteiger partial charge >= 0.3 is 6.18 Å². The van der Waals surface area contributed by atoms with Crippen molar-refractivity contribution in [2.24, 2.45) is 0 Å². The molecule has 0 fully saturated rings. The second-order valence-electron chi connectivity index (χ2n) is 8.16. The number of carbonyl (C=O) groups is 1. The van der Waals surface area contributed by atoms with E-state index in [0.29, 0.717) is 30.1 Å². The van der Waals surface area contributed by atoms with E-state index in [0.717, 1.165) is 6.20 Å². The van der Waals surface area contributed by atoms with Gasteiger partial charge in [-0.15, -0.1) is 0 Å². The van der Waals surface area contributed by atoms with Crippen molar-refractivity contribution in [2.75, 3.05) is 51.6 Å². The number of nitro groups is 1. The fourth-order valence-electron chi connectivity index (χ4n) is 3.39. The Balaban J connectivity index is 2.02. The number of alkyl halides is 3. The molecule has 0 radical (unpaired) electrons. The number of likely N-dealkylation sites (N-methyl/N-ethyl adjacent to an activating group) is 2. The zero-order valence-corrected chi connectivity index (χ0v) is 20.2. The van der Waals surface area contributed by atoms with Crippen LogP contribution in [0.4, 0.5) is 40.6 Å². The molecule has 3 rings (SSSR count). The molecule has 11 nitrogen and oxygen atoms in total. The van der Waals surface area contributed by atoms with Crippen LogP contribution < -0.4 is 15.0 Å². The highest BCUT2D eigenvalue weighted by Crippen LogP contribution is 2.39. The third-order valence-electron chi connectivity index (χ3n) is 5.29. The van der Waals surface area contributed by atoms with Gasteiger partial charge in [0.15, 0.2) is 17.9 Å². The van der Waals surface area contributed by atoms with Crippen LogP contribution >= 0.6 is 0 Å². The summed E-state index contributed by atoms with van der Waals surface area (Å²) in [6.07, 6.45) is -2.82. The van der Waals surface area contributed by atoms with E-state index in [1.165, 1.54) is 19.2 Å². The Hall–Kier alpha value is -4.27. The summed E-state index contributed by atoms with van der Waals surface area (Å²) >= 11 is 0. The number of methoxy groups -OCH3 is 1. The van der Waals surface area contributed by atoms with Crippen LogP contribution in [0.5, 0.6) is 5.75 Å². The van der Waals surface area contributed by atoms with Crippen LogP contribution in [0.25, 0.3) is 5.82 Å². The predicted molar refractivity (Wildman–Crippen MR) is 126 cm³/mol. The Morgan fingerprint density at radius 2 is 1.92 bits per heavy atom. The van der Waals surface area contributed by atoms with Crippen molar-refractivity contribution in [3.8, 4) is 11.6 Å². The largest absolute Gasteiger partial charge is 0.494 e. The summed E-state index contributed by atoms with van der Waals surface area (Å²) in [5.74, 6) is -1.75. The smallest absolute Gasteiger partial charge is 0.418 e. The minimum absolute atomic E-state index is 0.00130. The molecule has 37 heavy (non-hydrogen) atoms. The maximum Gasteiger partial charge on any atom is 0.418 e. The fourth-order valence-corrected chi connectivity index (χ4v) is 3.39. The van der Waals surface area contributed by atoms with Gasteiger partial charge in [-0.1, -0.05) is 0 Å². The lowest BCUT2D eigenvalue weighted by Gasteiger charge is -2.22. The number of nitrogens with zero attached hydrogens (tertiary/aromatic N) is 6. The van der Waals surface area contributed by atoms with Crippen LogP contribution in [0.2, 0.25) is 0 Å². The first-order valence-electron chi connectivity index (χ1n) is 10.6. The van der Waals surface area contributed by atoms with Gasteiger partial charge in [-0.05, 0) is 14.1 Å². The van der Waals surface area contributed by atoms with Gasteiger partial charge in [-0.2, -0.15) is 18.2 Å². The topological polar surface area (TPSA) is 119 Å². The summed E-state index contributed by atoms with van der Waals surface area (Å²) in [7, 11) is 6.76. The van der Waals surface area contributed by atoms with E-state index in [2.05, 4.69) is 15.3 Å². The number of halogens is 4. The lowest BCUT2D eigenvalue weighted by Crippen LogP contribution is -2.29. The van der Waals surface area contributed by atoms with Gasteiger partial charge in [0.25, 0.3) is 5.69 Å². The van der Waals surface area contributed by atoms with Crippen molar-refractivity contribution >= 4 is 29.3 Å². The Morgan fingerprint density at radius 3 is 2.46 bits per heavy atom. The quantitative estimate of drug-likeness (QED) is 0.182. The third kappa shape index (κ3) is 6.11. The number of ether oxygens (including phenoxy) is 1. The first kappa shape index (κ1) is 27.3. The fraction of sp³-hybridized carbons (Fsp3) is 0.318. The molecule has 0 amide bonds. The summed E-state index contributed by atoms with van der Waals surface area (Å²) in [5, 5.41) is 14.5. The zero-order valence-electron chi connectivity index (χ0n) is 20.2. The first-order valence-corrected chi connectivity index (χ1v) is 10.6. The molecule has 0 saturated heterocycles. The highest BCUT2D eigenvalue weighted by atomic mass is 19.4. The number of hydrogen-bond donors (Lipinski definition) is 1. The number of aldehydes is 1. The summed E-state index contributed by atoms with van der Waals surface area (Å²) in [5.41, 5.74) is -1.88. The van der Waals surface area contributed by atoms with E-state index in [-0.39, 0.29) is 35.0 Å². The number of aromatic nitrogens is 3. The van der Waals surface area contributed by atoms with E-state index < -0.39 is 33.9 Å². The molecule has 1 N–H and O–H groups in total. The number of nitrogens with one attached hydrogen (secondary N) is 1. The minimum atomic E-state index is -4.85. The molecule has 0 atom stereocenters. The molecule has 0 aliphatic carbocycles. The van der Waals surface area contributed by atoms with Crippen LogP contribution in [0.3, 0.4) is 0 Å². The van der Waals surface area contributed by atoms with Crippen molar-refractivity contribution in [3.63, 3.8) is 0 Å². The highest BCUT2D eigenvalue weighted by Gasteiger charge is 2.35. The van der Waals surface area contributed by atoms with Crippen LogP contribution in [-0.4, -0.2) is 72.0 Å². The van der Waals surface area contributed by atoms with Crippen LogP contribution in [0, 0.1) is 15.9 Å². The summed E-state index contributed by atoms with van der Waals surface area (Å²) in [6.45, 7) is 1.11. The predicted octanol–water partition coefficient (Wildman–Crippen LogP) is 3.90. The standard InChI is InChI=1S/C22H23F4N7O4/c1-30(2)5-6-31(3)17-8-19(37-4)16(7-18(17)33(35)36)28-21-27-9-15(23)20(29-21)32-10-13(12-34)14(11-32)22(24,25)26/h7-12H,5-6H2,1-4H3,(H,27,28,29). The second kappa shape index (κ2) is 10.8. The van der Waals surface area contributed by atoms with Gasteiger partial charge < -0.3 is 24.4 Å². The van der Waals surface area contributed by atoms with Gasteiger partial charge in [0.1, 0.15) is 11.4 Å². The van der Waals surface area contributed by atoms with Gasteiger partial charge in [0, 0.05) is 50.2 Å². The van der Waals surface area contributed by atoms with E-state index >= 15 is 0 Å². The van der Waals surface area contributed by atoms with Crippen molar-refractivity contribution in [3.05, 3.63) is 57.8 Å². The zero-order chi connectivity index (χ0) is 27.5. The van der Waals surface area contributed by atoms with Gasteiger partial charge in [0.2, 0.25) is 5.95 Å². The number of carbonyl (C=O) groups excluding carboxylic acids is 1. The molecule has 198 valence electrons. The van der Waals surface area contributed by atoms with E-state index in [1.807, 2.05) is 19.0 Å². The molecule has 0 spiro atoms. The average molecular weight is 525 g/mol. The Labute approximate surface area is 208 Å². The minimum Gasteiger partial charge on any atom is -0.494 e. The van der Waals surface area contributed by atoms with Crippen molar-refractivity contribution in [1.82, 2.24) is 19.4 Å². The van der Waals surface area contributed by atoms with Crippen LogP contribution in [0.15, 0.2) is 30.7 Å². The number of benzene rings is 1. The van der Waals surface area contributed by atoms with Gasteiger partial charge in [0.05, 0.1) is 29.5 Å². The van der Waals surface area contributed by atoms with Crippen LogP contribution in [-0.2, 0) is 6.18 Å². The molecule has 2 heterocycles. The molecular formula is C22H23F4N7O4. The van der Waals surface area contributed by atoms with Gasteiger partial charge in [-0.25, -0.2) is 9.37 Å². The molecule has 0 aliphatic heterocycles. The van der Waals surface area contributed by atoms with Crippen LogP contribution in [0.1, 0.15) is 15.9 Å². The summed E-state index contributed by atoms with van der Waals surface area (Å²) in [4.78, 5) is 33.6. The molecule has 0 aliphatic rings. The molecule has 3 aromatic rings. The maximum atomic E-state index is 14.5. The van der Waals surface area contributed by atoms with E-state index in [4.69, 9.17) is 4.74 Å². The molecule has 0 unspecified atom stereocenters. The summed E-state index contributed by atoms with van der Waals surface area (Å²) < 4.78 is 60.1. The highest BCUT2D eigenvalue weighted by molar-refractivity contribution is 5.78. The van der Waals surface area contributed by atoms with Gasteiger partial charge in [-0.3, -0.25) is 14.9 Å². The monoisotopic (exact) mass is 525 g/mol. The van der Waals surface area contributed by atoms with E-state index in [9.17, 15) is 32.5 Å². The molecule has 15 heteroatoms. The molecule has 0 saturated carbocycles. The summed E-state index contributed by atoms with van der Waals surface area (Å²) in [6, 6.07) is 2.63. The normalized spacial score (nSPS) is 11.5. The number of rotatable bonds is 10. The Kier molecular flexibility index (Phi) is 7.96. The first-order chi connectivity index (χ1) is 17.3. The lowest BCUT2D eigenvalue weighted by atomic mass is 10.2. The molecular weight excluding hydrogens is 502 g/mol. The van der Waals surface area contributed by atoms with E-state index in [1.54, 1.807) is 11.9 Å².